The van der Waals surface area contributed by atoms with Gasteiger partial charge in [-0.25, -0.2) is 18.7 Å². The van der Waals surface area contributed by atoms with Crippen LogP contribution in [0.5, 0.6) is 0 Å². The van der Waals surface area contributed by atoms with Crippen molar-refractivity contribution in [3.8, 4) is 0 Å². The van der Waals surface area contributed by atoms with Gasteiger partial charge < -0.3 is 15.1 Å². The highest BCUT2D eigenvalue weighted by atomic mass is 32.2. The number of anilines is 1. The van der Waals surface area contributed by atoms with Gasteiger partial charge >= 0.3 is 0 Å². The Morgan fingerprint density at radius 1 is 0.973 bits per heavy atom. The van der Waals surface area contributed by atoms with E-state index in [1.165, 1.54) is 36.4 Å². The molecular formula is C27H24F2N6OS. The number of nitrogens with zero attached hydrogens (tertiary/aromatic N) is 5. The van der Waals surface area contributed by atoms with Gasteiger partial charge in [0, 0.05) is 37.1 Å². The van der Waals surface area contributed by atoms with Gasteiger partial charge in [0.05, 0.1) is 5.69 Å². The molecule has 2 aromatic carbocycles. The predicted octanol–water partition coefficient (Wildman–Crippen LogP) is 5.14. The normalized spacial score (nSPS) is 21.2. The molecule has 6 rings (SSSR count). The van der Waals surface area contributed by atoms with Gasteiger partial charge in [-0.05, 0) is 66.3 Å². The van der Waals surface area contributed by atoms with Crippen molar-refractivity contribution in [3.05, 3.63) is 101 Å². The average molecular weight is 519 g/mol. The molecular weight excluding hydrogens is 494 g/mol. The van der Waals surface area contributed by atoms with Gasteiger partial charge in [-0.3, -0.25) is 9.79 Å². The van der Waals surface area contributed by atoms with Crippen molar-refractivity contribution < 1.29 is 13.6 Å². The molecule has 1 fully saturated rings. The third kappa shape index (κ3) is 4.81. The summed E-state index contributed by atoms with van der Waals surface area (Å²) in [6, 6.07) is 13.8. The fourth-order valence-corrected chi connectivity index (χ4v) is 5.73. The van der Waals surface area contributed by atoms with Crippen LogP contribution < -0.4 is 5.32 Å². The molecule has 0 bridgehead atoms. The van der Waals surface area contributed by atoms with Gasteiger partial charge in [0.2, 0.25) is 5.95 Å². The van der Waals surface area contributed by atoms with Crippen LogP contribution in [0.3, 0.4) is 0 Å². The molecule has 188 valence electrons. The van der Waals surface area contributed by atoms with Gasteiger partial charge in [0.1, 0.15) is 23.7 Å². The molecule has 0 saturated carbocycles. The number of thioether (sulfide) groups is 1. The Kier molecular flexibility index (Phi) is 6.33. The third-order valence-corrected chi connectivity index (χ3v) is 7.65. The first-order chi connectivity index (χ1) is 18.0. The lowest BCUT2D eigenvalue weighted by Crippen LogP contribution is -2.42. The summed E-state index contributed by atoms with van der Waals surface area (Å²) in [5, 5.41) is 6.32. The van der Waals surface area contributed by atoms with E-state index < -0.39 is 0 Å². The van der Waals surface area contributed by atoms with Crippen LogP contribution >= 0.6 is 11.8 Å². The maximum Gasteiger partial charge on any atom is 0.253 e. The first kappa shape index (κ1) is 23.6. The zero-order valence-electron chi connectivity index (χ0n) is 19.8. The lowest BCUT2D eigenvalue weighted by atomic mass is 9.97. The van der Waals surface area contributed by atoms with Crippen molar-refractivity contribution in [2.45, 2.75) is 31.0 Å². The lowest BCUT2D eigenvalue weighted by molar-refractivity contribution is 0.0718. The van der Waals surface area contributed by atoms with Crippen LogP contribution in [-0.2, 0) is 0 Å². The molecule has 1 N–H and O–H groups in total. The number of aliphatic imine (C=N–C) groups is 1. The Labute approximate surface area is 217 Å². The molecule has 3 aliphatic rings. The van der Waals surface area contributed by atoms with Crippen molar-refractivity contribution >= 4 is 28.8 Å². The highest BCUT2D eigenvalue weighted by Crippen LogP contribution is 2.46. The largest absolute Gasteiger partial charge is 0.351 e. The van der Waals surface area contributed by atoms with Crippen LogP contribution in [-0.4, -0.2) is 50.0 Å². The van der Waals surface area contributed by atoms with E-state index in [-0.39, 0.29) is 35.7 Å². The molecule has 1 aromatic heterocycles. The number of amidine groups is 1. The standard InChI is InChI=1S/C27H24F2N6OS/c28-19-5-1-17(2-6-19)23-24(35-15-16-37-27(35)33-23)22-9-12-30-26(32-22)31-21-10-13-34(14-11-21)25(36)18-3-7-20(29)8-4-18/h1-9,12,15-16,21,23-24H,10-11,13-14H2,(H,30,31,32). The van der Waals surface area contributed by atoms with Crippen molar-refractivity contribution in [3.63, 3.8) is 0 Å². The number of hydrogen-bond donors (Lipinski definition) is 1. The number of piperidine rings is 1. The predicted molar refractivity (Wildman–Crippen MR) is 139 cm³/mol. The maximum atomic E-state index is 13.5. The van der Waals surface area contributed by atoms with E-state index in [0.717, 1.165) is 29.3 Å². The van der Waals surface area contributed by atoms with Crippen LogP contribution in [0.1, 0.15) is 46.5 Å². The highest BCUT2D eigenvalue weighted by Gasteiger charge is 2.40. The maximum absolute atomic E-state index is 13.5. The molecule has 1 amide bonds. The first-order valence-electron chi connectivity index (χ1n) is 12.1. The fourth-order valence-electron chi connectivity index (χ4n) is 4.94. The number of carbonyl (C=O) groups excluding carboxylic acids is 1. The van der Waals surface area contributed by atoms with Crippen LogP contribution in [0.15, 0.2) is 77.4 Å². The Hall–Kier alpha value is -3.79. The summed E-state index contributed by atoms with van der Waals surface area (Å²) in [6.07, 6.45) is 5.24. The van der Waals surface area contributed by atoms with E-state index in [2.05, 4.69) is 15.2 Å². The highest BCUT2D eigenvalue weighted by molar-refractivity contribution is 8.16. The molecule has 0 aliphatic carbocycles. The Bertz CT molecular complexity index is 1360. The topological polar surface area (TPSA) is 73.7 Å². The molecule has 0 radical (unpaired) electrons. The molecule has 3 aliphatic heterocycles. The number of aromatic nitrogens is 2. The van der Waals surface area contributed by atoms with Crippen molar-refractivity contribution in [2.24, 2.45) is 4.99 Å². The summed E-state index contributed by atoms with van der Waals surface area (Å²) in [7, 11) is 0. The Balaban J connectivity index is 1.14. The summed E-state index contributed by atoms with van der Waals surface area (Å²) in [5.41, 5.74) is 2.24. The average Bonchev–Trinajstić information content (AvgIpc) is 3.51. The number of amides is 1. The van der Waals surface area contributed by atoms with E-state index in [9.17, 15) is 13.6 Å². The minimum Gasteiger partial charge on any atom is -0.351 e. The molecule has 2 unspecified atom stereocenters. The van der Waals surface area contributed by atoms with E-state index in [4.69, 9.17) is 9.98 Å². The fraction of sp³-hybridized carbons (Fsp3) is 0.259. The molecule has 0 spiro atoms. The van der Waals surface area contributed by atoms with Crippen molar-refractivity contribution in [2.75, 3.05) is 18.4 Å². The molecule has 10 heteroatoms. The first-order valence-corrected chi connectivity index (χ1v) is 13.0. The molecule has 37 heavy (non-hydrogen) atoms. The van der Waals surface area contributed by atoms with Crippen LogP contribution in [0.25, 0.3) is 0 Å². The quantitative estimate of drug-likeness (QED) is 0.504. The number of nitrogens with one attached hydrogen (secondary N) is 1. The van der Waals surface area contributed by atoms with Crippen molar-refractivity contribution in [1.29, 1.82) is 0 Å². The molecule has 2 atom stereocenters. The van der Waals surface area contributed by atoms with Gasteiger partial charge in [-0.2, -0.15) is 0 Å². The third-order valence-electron chi connectivity index (χ3n) is 6.86. The summed E-state index contributed by atoms with van der Waals surface area (Å²) >= 11 is 1.56. The SMILES string of the molecule is O=C(c1ccc(F)cc1)N1CCC(Nc2nccc(C3C(c4ccc(F)cc4)N=C4SC=CN43)n2)CC1. The molecule has 3 aromatic rings. The van der Waals surface area contributed by atoms with E-state index in [1.54, 1.807) is 35.0 Å². The monoisotopic (exact) mass is 518 g/mol. The van der Waals surface area contributed by atoms with E-state index >= 15 is 0 Å². The number of carbonyl (C=O) groups is 1. The summed E-state index contributed by atoms with van der Waals surface area (Å²) < 4.78 is 26.7. The zero-order valence-corrected chi connectivity index (χ0v) is 20.6. The Morgan fingerprint density at radius 3 is 2.41 bits per heavy atom. The molecule has 7 nitrogen and oxygen atoms in total. The number of hydrogen-bond acceptors (Lipinski definition) is 7. The van der Waals surface area contributed by atoms with Crippen LogP contribution in [0, 0.1) is 11.6 Å². The Morgan fingerprint density at radius 2 is 1.68 bits per heavy atom. The van der Waals surface area contributed by atoms with Gasteiger partial charge in [0.25, 0.3) is 5.91 Å². The lowest BCUT2D eigenvalue weighted by Gasteiger charge is -2.32. The number of rotatable bonds is 5. The summed E-state index contributed by atoms with van der Waals surface area (Å²) in [5.74, 6) is -0.190. The number of benzene rings is 2. The molecule has 4 heterocycles. The van der Waals surface area contributed by atoms with Crippen molar-refractivity contribution in [1.82, 2.24) is 19.8 Å². The van der Waals surface area contributed by atoms with Gasteiger partial charge in [-0.15, -0.1) is 0 Å². The minimum atomic E-state index is -0.356. The van der Waals surface area contributed by atoms with Crippen LogP contribution in [0.2, 0.25) is 0 Å². The number of fused-ring (bicyclic) bond motifs is 1. The number of halogens is 2. The second kappa shape index (κ2) is 9.93. The van der Waals surface area contributed by atoms with Gasteiger partial charge in [0.15, 0.2) is 5.17 Å². The second-order valence-corrected chi connectivity index (χ2v) is 10.1. The minimum absolute atomic E-state index is 0.0860. The summed E-state index contributed by atoms with van der Waals surface area (Å²) in [6.45, 7) is 1.19. The smallest absolute Gasteiger partial charge is 0.253 e. The number of likely N-dealkylation sites (tertiary alicyclic amines) is 1. The second-order valence-electron chi connectivity index (χ2n) is 9.19. The molecule has 1 saturated heterocycles. The van der Waals surface area contributed by atoms with Gasteiger partial charge in [-0.1, -0.05) is 23.9 Å². The van der Waals surface area contributed by atoms with E-state index in [0.29, 0.717) is 24.6 Å². The van der Waals surface area contributed by atoms with Crippen LogP contribution in [0.4, 0.5) is 14.7 Å². The summed E-state index contributed by atoms with van der Waals surface area (Å²) in [4.78, 5) is 30.8. The van der Waals surface area contributed by atoms with E-state index in [1.807, 2.05) is 17.7 Å². The zero-order chi connectivity index (χ0) is 25.4.